The largest absolute Gasteiger partial charge is 0.390 e. The third-order valence-electron chi connectivity index (χ3n) is 4.21. The normalized spacial score (nSPS) is 13.2. The Morgan fingerprint density at radius 3 is 2.61 bits per heavy atom. The summed E-state index contributed by atoms with van der Waals surface area (Å²) in [7, 11) is -2.98. The Labute approximate surface area is 184 Å². The van der Waals surface area contributed by atoms with Crippen LogP contribution in [0.2, 0.25) is 5.15 Å². The van der Waals surface area contributed by atoms with Gasteiger partial charge in [0, 0.05) is 38.5 Å². The van der Waals surface area contributed by atoms with Gasteiger partial charge in [0.05, 0.1) is 18.4 Å². The van der Waals surface area contributed by atoms with Crippen LogP contribution < -0.4 is 4.90 Å². The molecule has 0 saturated heterocycles. The lowest BCUT2D eigenvalue weighted by Crippen LogP contribution is -2.36. The number of halogens is 4. The first-order valence-corrected chi connectivity index (χ1v) is 11.2. The Kier molecular flexibility index (Phi) is 9.91. The van der Waals surface area contributed by atoms with Crippen molar-refractivity contribution >= 4 is 45.6 Å². The molecule has 0 aliphatic rings. The molecule has 0 spiro atoms. The first-order chi connectivity index (χ1) is 14.3. The summed E-state index contributed by atoms with van der Waals surface area (Å²) in [6.45, 7) is 6.23. The second-order valence-electron chi connectivity index (χ2n) is 6.47. The van der Waals surface area contributed by atoms with Gasteiger partial charge in [-0.15, -0.1) is 0 Å². The van der Waals surface area contributed by atoms with Crippen molar-refractivity contribution in [1.82, 2.24) is 14.1 Å². The molecule has 0 radical (unpaired) electrons. The second kappa shape index (κ2) is 11.4. The summed E-state index contributed by atoms with van der Waals surface area (Å²) in [5, 5.41) is 4.17. The van der Waals surface area contributed by atoms with Crippen molar-refractivity contribution in [2.75, 3.05) is 30.8 Å². The van der Waals surface area contributed by atoms with Crippen LogP contribution in [0.25, 0.3) is 5.70 Å². The van der Waals surface area contributed by atoms with Gasteiger partial charge in [0.15, 0.2) is 5.15 Å². The molecule has 0 aliphatic carbocycles. The smallest absolute Gasteiger partial charge is 0.308 e. The number of anilines is 1. The minimum absolute atomic E-state index is 0.0407. The molecule has 1 rings (SSSR count). The molecule has 31 heavy (non-hydrogen) atoms. The van der Waals surface area contributed by atoms with E-state index in [0.29, 0.717) is 10.0 Å². The van der Waals surface area contributed by atoms with Gasteiger partial charge >= 0.3 is 6.18 Å². The van der Waals surface area contributed by atoms with Crippen molar-refractivity contribution in [3.8, 4) is 0 Å². The highest BCUT2D eigenvalue weighted by atomic mass is 35.5. The third kappa shape index (κ3) is 8.46. The SMILES string of the molecule is C=N/C=C\C=C(/C)n1cc(N(CC)C(=O)CCS(=O)(=O)N(C)CCC(F)(F)F)c(Cl)n1. The van der Waals surface area contributed by atoms with Crippen LogP contribution in [0.5, 0.6) is 0 Å². The number of sulfonamides is 1. The average Bonchev–Trinajstić information content (AvgIpc) is 3.06. The van der Waals surface area contributed by atoms with Crippen molar-refractivity contribution in [3.63, 3.8) is 0 Å². The van der Waals surface area contributed by atoms with Gasteiger partial charge in [-0.05, 0) is 32.7 Å². The molecule has 8 nitrogen and oxygen atoms in total. The number of alkyl halides is 3. The number of aromatic nitrogens is 2. The molecule has 0 saturated carbocycles. The summed E-state index contributed by atoms with van der Waals surface area (Å²) in [6, 6.07) is 0. The molecular formula is C18H25ClF3N5O3S. The molecule has 1 heterocycles. The van der Waals surface area contributed by atoms with Crippen molar-refractivity contribution in [1.29, 1.82) is 0 Å². The molecule has 0 aromatic carbocycles. The Hall–Kier alpha value is -2.18. The molecule has 0 atom stereocenters. The van der Waals surface area contributed by atoms with Crippen LogP contribution in [-0.4, -0.2) is 67.2 Å². The standard InChI is InChI=1S/C18H25ClF3N5O3S/c1-5-26(15-13-27(24-17(15)19)14(2)7-6-10-23-3)16(28)8-12-31(29,30)25(4)11-9-18(20,21)22/h6-7,10,13H,3,5,8-9,11-12H2,1-2,4H3/b10-6-,14-7+. The maximum atomic E-state index is 12.6. The maximum absolute atomic E-state index is 12.6. The second-order valence-corrected chi connectivity index (χ2v) is 9.03. The van der Waals surface area contributed by atoms with E-state index in [1.54, 1.807) is 26.0 Å². The number of carbonyl (C=O) groups excluding carboxylic acids is 1. The molecule has 1 aromatic rings. The van der Waals surface area contributed by atoms with E-state index in [1.165, 1.54) is 22.0 Å². The van der Waals surface area contributed by atoms with Gasteiger partial charge in [0.1, 0.15) is 5.69 Å². The zero-order valence-electron chi connectivity index (χ0n) is 17.4. The van der Waals surface area contributed by atoms with Crippen LogP contribution in [-0.2, 0) is 14.8 Å². The highest BCUT2D eigenvalue weighted by molar-refractivity contribution is 7.89. The van der Waals surface area contributed by atoms with Crippen LogP contribution in [0.15, 0.2) is 29.5 Å². The molecule has 0 N–H and O–H groups in total. The van der Waals surface area contributed by atoms with Gasteiger partial charge in [-0.2, -0.15) is 18.3 Å². The third-order valence-corrected chi connectivity index (χ3v) is 6.33. The number of hydrogen-bond donors (Lipinski definition) is 0. The highest BCUT2D eigenvalue weighted by Crippen LogP contribution is 2.26. The quantitative estimate of drug-likeness (QED) is 0.355. The summed E-state index contributed by atoms with van der Waals surface area (Å²) in [5.41, 5.74) is 0.959. The summed E-state index contributed by atoms with van der Waals surface area (Å²) in [4.78, 5) is 17.5. The van der Waals surface area contributed by atoms with E-state index >= 15 is 0 Å². The van der Waals surface area contributed by atoms with Crippen molar-refractivity contribution in [3.05, 3.63) is 29.7 Å². The Morgan fingerprint density at radius 1 is 1.42 bits per heavy atom. The molecule has 0 fully saturated rings. The Bertz CT molecular complexity index is 942. The number of carbonyl (C=O) groups is 1. The minimum Gasteiger partial charge on any atom is -0.308 e. The van der Waals surface area contributed by atoms with E-state index in [1.807, 2.05) is 0 Å². The van der Waals surface area contributed by atoms with Gasteiger partial charge in [-0.3, -0.25) is 9.79 Å². The number of allylic oxidation sites excluding steroid dienone is 3. The summed E-state index contributed by atoms with van der Waals surface area (Å²) in [5.74, 6) is -1.17. The van der Waals surface area contributed by atoms with E-state index in [9.17, 15) is 26.4 Å². The topological polar surface area (TPSA) is 87.9 Å². The van der Waals surface area contributed by atoms with E-state index in [0.717, 1.165) is 7.05 Å². The molecule has 0 aliphatic heterocycles. The van der Waals surface area contributed by atoms with Crippen LogP contribution in [0.1, 0.15) is 26.7 Å². The van der Waals surface area contributed by atoms with Gasteiger partial charge in [-0.25, -0.2) is 17.4 Å². The lowest BCUT2D eigenvalue weighted by atomic mass is 10.3. The van der Waals surface area contributed by atoms with Crippen LogP contribution in [0.3, 0.4) is 0 Å². The fourth-order valence-corrected chi connectivity index (χ4v) is 3.78. The monoisotopic (exact) mass is 483 g/mol. The van der Waals surface area contributed by atoms with Crippen LogP contribution in [0.4, 0.5) is 18.9 Å². The number of rotatable bonds is 11. The summed E-state index contributed by atoms with van der Waals surface area (Å²) >= 11 is 6.16. The van der Waals surface area contributed by atoms with Crippen LogP contribution >= 0.6 is 11.6 Å². The first kappa shape index (κ1) is 26.9. The van der Waals surface area contributed by atoms with E-state index in [2.05, 4.69) is 16.8 Å². The predicted molar refractivity (Wildman–Crippen MR) is 116 cm³/mol. The highest BCUT2D eigenvalue weighted by Gasteiger charge is 2.30. The zero-order valence-corrected chi connectivity index (χ0v) is 19.0. The first-order valence-electron chi connectivity index (χ1n) is 9.18. The number of aliphatic imine (C=N–C) groups is 1. The summed E-state index contributed by atoms with van der Waals surface area (Å²) < 4.78 is 63.4. The van der Waals surface area contributed by atoms with Crippen molar-refractivity contribution in [2.24, 2.45) is 4.99 Å². The molecule has 0 bridgehead atoms. The van der Waals surface area contributed by atoms with Gasteiger partial charge in [0.25, 0.3) is 0 Å². The zero-order chi connectivity index (χ0) is 23.8. The number of nitrogens with zero attached hydrogens (tertiary/aromatic N) is 5. The Morgan fingerprint density at radius 2 is 2.06 bits per heavy atom. The Balaban J connectivity index is 2.89. The fourth-order valence-electron chi connectivity index (χ4n) is 2.44. The lowest BCUT2D eigenvalue weighted by Gasteiger charge is -2.21. The lowest BCUT2D eigenvalue weighted by molar-refractivity contribution is -0.135. The van der Waals surface area contributed by atoms with E-state index in [-0.39, 0.29) is 17.4 Å². The van der Waals surface area contributed by atoms with Crippen molar-refractivity contribution < 1.29 is 26.4 Å². The van der Waals surface area contributed by atoms with Crippen LogP contribution in [0, 0.1) is 0 Å². The number of amides is 1. The molecule has 0 unspecified atom stereocenters. The molecular weight excluding hydrogens is 459 g/mol. The molecule has 1 amide bonds. The van der Waals surface area contributed by atoms with E-state index in [4.69, 9.17) is 11.6 Å². The average molecular weight is 484 g/mol. The van der Waals surface area contributed by atoms with Gasteiger partial charge < -0.3 is 4.90 Å². The number of hydrogen-bond acceptors (Lipinski definition) is 5. The van der Waals surface area contributed by atoms with E-state index < -0.39 is 47.2 Å². The molecule has 13 heteroatoms. The fraction of sp³-hybridized carbons (Fsp3) is 0.500. The van der Waals surface area contributed by atoms with Gasteiger partial charge in [0.2, 0.25) is 15.9 Å². The summed E-state index contributed by atoms with van der Waals surface area (Å²) in [6.07, 6.45) is 0.177. The van der Waals surface area contributed by atoms with Crippen molar-refractivity contribution in [2.45, 2.75) is 32.9 Å². The predicted octanol–water partition coefficient (Wildman–Crippen LogP) is 3.57. The maximum Gasteiger partial charge on any atom is 0.390 e. The minimum atomic E-state index is -4.47. The molecule has 1 aromatic heterocycles. The molecule has 174 valence electrons. The van der Waals surface area contributed by atoms with Gasteiger partial charge in [-0.1, -0.05) is 11.6 Å².